The minimum Gasteiger partial charge on any atom is -0.391 e. The van der Waals surface area contributed by atoms with E-state index in [1.54, 1.807) is 13.0 Å². The minimum absolute atomic E-state index is 0. The predicted octanol–water partition coefficient (Wildman–Crippen LogP) is 3.76. The van der Waals surface area contributed by atoms with Crippen LogP contribution in [0.15, 0.2) is 12.1 Å². The van der Waals surface area contributed by atoms with Crippen LogP contribution in [0.2, 0.25) is 5.02 Å². The molecule has 0 bridgehead atoms. The summed E-state index contributed by atoms with van der Waals surface area (Å²) in [4.78, 5) is 0. The lowest BCUT2D eigenvalue weighted by Crippen LogP contribution is -2.33. The van der Waals surface area contributed by atoms with Crippen LogP contribution in [0, 0.1) is 18.7 Å². The molecule has 0 unspecified atom stereocenters. The quantitative estimate of drug-likeness (QED) is 0.893. The Hall–Kier alpha value is -0.350. The van der Waals surface area contributed by atoms with Gasteiger partial charge in [-0.05, 0) is 37.3 Å². The number of benzene rings is 1. The normalized spacial score (nSPS) is 19.0. The van der Waals surface area contributed by atoms with Crippen molar-refractivity contribution in [3.8, 4) is 0 Å². The molecule has 19 heavy (non-hydrogen) atoms. The molecule has 0 amide bonds. The van der Waals surface area contributed by atoms with Crippen molar-refractivity contribution in [2.24, 2.45) is 11.7 Å². The van der Waals surface area contributed by atoms with Crippen molar-refractivity contribution in [1.29, 1.82) is 0 Å². The topological polar surface area (TPSA) is 46.2 Å². The molecule has 0 radical (unpaired) electrons. The van der Waals surface area contributed by atoms with Crippen LogP contribution >= 0.6 is 24.0 Å². The molecule has 5 heteroatoms. The summed E-state index contributed by atoms with van der Waals surface area (Å²) in [6.07, 6.45) is 3.41. The Morgan fingerprint density at radius 1 is 1.37 bits per heavy atom. The van der Waals surface area contributed by atoms with E-state index in [-0.39, 0.29) is 23.9 Å². The van der Waals surface area contributed by atoms with E-state index < -0.39 is 18.0 Å². The molecule has 1 aromatic carbocycles. The fraction of sp³-hybridized carbons (Fsp3) is 0.571. The summed E-state index contributed by atoms with van der Waals surface area (Å²) in [7, 11) is 0. The van der Waals surface area contributed by atoms with Crippen LogP contribution < -0.4 is 5.73 Å². The van der Waals surface area contributed by atoms with E-state index in [2.05, 4.69) is 0 Å². The second-order valence-corrected chi connectivity index (χ2v) is 5.53. The Balaban J connectivity index is 0.00000180. The van der Waals surface area contributed by atoms with E-state index >= 15 is 0 Å². The summed E-state index contributed by atoms with van der Waals surface area (Å²) in [6.45, 7) is 1.81. The third-order valence-corrected chi connectivity index (χ3v) is 4.41. The molecule has 3 N–H and O–H groups in total. The van der Waals surface area contributed by atoms with Gasteiger partial charge in [-0.15, -0.1) is 12.4 Å². The van der Waals surface area contributed by atoms with Crippen molar-refractivity contribution in [2.75, 3.05) is 0 Å². The van der Waals surface area contributed by atoms with E-state index in [1.165, 1.54) is 6.07 Å². The lowest BCUT2D eigenvalue weighted by Gasteiger charge is -2.26. The van der Waals surface area contributed by atoms with E-state index in [4.69, 9.17) is 17.3 Å². The first-order valence-corrected chi connectivity index (χ1v) is 6.78. The van der Waals surface area contributed by atoms with Gasteiger partial charge < -0.3 is 10.8 Å². The highest BCUT2D eigenvalue weighted by Gasteiger charge is 2.31. The zero-order valence-electron chi connectivity index (χ0n) is 10.9. The summed E-state index contributed by atoms with van der Waals surface area (Å²) in [5, 5.41) is 10.6. The first kappa shape index (κ1) is 16.7. The Bertz CT molecular complexity index is 436. The number of aliphatic hydroxyl groups excluding tert-OH is 1. The van der Waals surface area contributed by atoms with Gasteiger partial charge in [0.05, 0.1) is 17.2 Å². The van der Waals surface area contributed by atoms with Crippen molar-refractivity contribution in [3.63, 3.8) is 0 Å². The number of aliphatic hydroxyl groups is 1. The van der Waals surface area contributed by atoms with Crippen LogP contribution in [-0.4, -0.2) is 11.2 Å². The van der Waals surface area contributed by atoms with Crippen molar-refractivity contribution < 1.29 is 9.50 Å². The average molecular weight is 308 g/mol. The summed E-state index contributed by atoms with van der Waals surface area (Å²) in [5.41, 5.74) is 7.04. The van der Waals surface area contributed by atoms with Crippen LogP contribution in [0.5, 0.6) is 0 Å². The number of halogens is 3. The van der Waals surface area contributed by atoms with Gasteiger partial charge in [0.1, 0.15) is 5.82 Å². The number of hydrogen-bond donors (Lipinski definition) is 2. The first-order valence-electron chi connectivity index (χ1n) is 6.40. The first-order chi connectivity index (χ1) is 8.52. The standard InChI is InChI=1S/C14H19ClFNO.ClH/c1-8-6-7-10(16)11(12(8)15)13(17)14(18)9-4-2-3-5-9;/h6-7,9,13-14,18H,2-5,17H2,1H3;1H/t13-,14+;/m0./s1. The zero-order valence-corrected chi connectivity index (χ0v) is 12.5. The Morgan fingerprint density at radius 3 is 2.53 bits per heavy atom. The van der Waals surface area contributed by atoms with Crippen LogP contribution in [0.1, 0.15) is 42.9 Å². The van der Waals surface area contributed by atoms with Gasteiger partial charge in [-0.25, -0.2) is 4.39 Å². The maximum absolute atomic E-state index is 13.9. The van der Waals surface area contributed by atoms with Gasteiger partial charge in [-0.3, -0.25) is 0 Å². The Morgan fingerprint density at radius 2 is 1.95 bits per heavy atom. The number of rotatable bonds is 3. The van der Waals surface area contributed by atoms with Crippen molar-refractivity contribution >= 4 is 24.0 Å². The van der Waals surface area contributed by atoms with Crippen molar-refractivity contribution in [3.05, 3.63) is 34.1 Å². The molecule has 0 saturated heterocycles. The highest BCUT2D eigenvalue weighted by molar-refractivity contribution is 6.32. The molecular formula is C14H20Cl2FNO. The molecule has 108 valence electrons. The van der Waals surface area contributed by atoms with Crippen molar-refractivity contribution in [2.45, 2.75) is 44.8 Å². The molecule has 1 fully saturated rings. The minimum atomic E-state index is -0.750. The molecular weight excluding hydrogens is 288 g/mol. The van der Waals surface area contributed by atoms with Gasteiger partial charge in [0.15, 0.2) is 0 Å². The molecule has 1 aliphatic carbocycles. The highest BCUT2D eigenvalue weighted by Crippen LogP contribution is 2.36. The Kier molecular flexibility index (Phi) is 6.06. The van der Waals surface area contributed by atoms with Crippen LogP contribution in [0.4, 0.5) is 4.39 Å². The highest BCUT2D eigenvalue weighted by atomic mass is 35.5. The van der Waals surface area contributed by atoms with E-state index in [0.717, 1.165) is 31.2 Å². The molecule has 2 nitrogen and oxygen atoms in total. The molecule has 1 aromatic rings. The van der Waals surface area contributed by atoms with Gasteiger partial charge >= 0.3 is 0 Å². The lowest BCUT2D eigenvalue weighted by atomic mass is 9.90. The van der Waals surface area contributed by atoms with Crippen LogP contribution in [0.25, 0.3) is 0 Å². The molecule has 2 rings (SSSR count). The average Bonchev–Trinajstić information content (AvgIpc) is 2.87. The fourth-order valence-electron chi connectivity index (χ4n) is 2.75. The maximum atomic E-state index is 13.9. The molecule has 0 aromatic heterocycles. The van der Waals surface area contributed by atoms with Gasteiger partial charge in [0, 0.05) is 5.56 Å². The fourth-order valence-corrected chi connectivity index (χ4v) is 3.03. The zero-order chi connectivity index (χ0) is 13.3. The molecule has 1 saturated carbocycles. The number of aryl methyl sites for hydroxylation is 1. The van der Waals surface area contributed by atoms with Crippen LogP contribution in [0.3, 0.4) is 0 Å². The van der Waals surface area contributed by atoms with Gasteiger partial charge in [-0.2, -0.15) is 0 Å². The molecule has 0 heterocycles. The predicted molar refractivity (Wildman–Crippen MR) is 78.3 cm³/mol. The molecule has 0 aliphatic heterocycles. The summed E-state index contributed by atoms with van der Waals surface area (Å²) in [6, 6.07) is 2.23. The Labute approximate surface area is 124 Å². The van der Waals surface area contributed by atoms with E-state index in [0.29, 0.717) is 5.02 Å². The van der Waals surface area contributed by atoms with E-state index in [1.807, 2.05) is 0 Å². The number of hydrogen-bond acceptors (Lipinski definition) is 2. The maximum Gasteiger partial charge on any atom is 0.129 e. The third-order valence-electron chi connectivity index (χ3n) is 3.90. The number of nitrogens with two attached hydrogens (primary N) is 1. The smallest absolute Gasteiger partial charge is 0.129 e. The molecule has 0 spiro atoms. The van der Waals surface area contributed by atoms with E-state index in [9.17, 15) is 9.50 Å². The molecule has 2 atom stereocenters. The largest absolute Gasteiger partial charge is 0.391 e. The summed E-state index contributed by atoms with van der Waals surface area (Å²) < 4.78 is 13.9. The lowest BCUT2D eigenvalue weighted by molar-refractivity contribution is 0.0833. The van der Waals surface area contributed by atoms with Gasteiger partial charge in [-0.1, -0.05) is 30.5 Å². The second kappa shape index (κ2) is 6.89. The molecule has 1 aliphatic rings. The third kappa shape index (κ3) is 3.40. The van der Waals surface area contributed by atoms with Gasteiger partial charge in [0.2, 0.25) is 0 Å². The summed E-state index contributed by atoms with van der Waals surface area (Å²) >= 11 is 6.11. The SMILES string of the molecule is Cc1ccc(F)c([C@H](N)[C@H](O)C2CCCC2)c1Cl.Cl. The monoisotopic (exact) mass is 307 g/mol. The van der Waals surface area contributed by atoms with Crippen LogP contribution in [-0.2, 0) is 0 Å². The second-order valence-electron chi connectivity index (χ2n) is 5.15. The van der Waals surface area contributed by atoms with Gasteiger partial charge in [0.25, 0.3) is 0 Å². The summed E-state index contributed by atoms with van der Waals surface area (Å²) in [5.74, 6) is -0.272. The van der Waals surface area contributed by atoms with Crippen molar-refractivity contribution in [1.82, 2.24) is 0 Å².